The van der Waals surface area contributed by atoms with Crippen LogP contribution in [0.2, 0.25) is 5.02 Å². The van der Waals surface area contributed by atoms with E-state index in [0.717, 1.165) is 22.7 Å². The Morgan fingerprint density at radius 1 is 1.11 bits per heavy atom. The highest BCUT2D eigenvalue weighted by atomic mass is 35.5. The molecule has 0 saturated heterocycles. The Morgan fingerprint density at radius 2 is 1.81 bits per heavy atom. The van der Waals surface area contributed by atoms with Crippen LogP contribution in [-0.2, 0) is 11.2 Å². The molecule has 1 unspecified atom stereocenters. The molecule has 1 atom stereocenters. The van der Waals surface area contributed by atoms with Crippen molar-refractivity contribution in [1.82, 2.24) is 0 Å². The molecule has 1 aromatic heterocycles. The summed E-state index contributed by atoms with van der Waals surface area (Å²) < 4.78 is 0. The number of nitrogens with one attached hydrogen (secondary N) is 1. The van der Waals surface area contributed by atoms with Gasteiger partial charge in [-0.1, -0.05) is 50.6 Å². The molecule has 2 heterocycles. The quantitative estimate of drug-likeness (QED) is 0.344. The van der Waals surface area contributed by atoms with Crippen molar-refractivity contribution >= 4 is 46.0 Å². The number of anilines is 1. The third-order valence-corrected chi connectivity index (χ3v) is 8.21. The largest absolute Gasteiger partial charge is 0.507 e. The van der Waals surface area contributed by atoms with E-state index in [2.05, 4.69) is 32.9 Å². The average Bonchev–Trinajstić information content (AvgIpc) is 3.37. The Morgan fingerprint density at radius 3 is 2.42 bits per heavy atom. The molecular weight excluding hydrogens is 488 g/mol. The van der Waals surface area contributed by atoms with Gasteiger partial charge >= 0.3 is 0 Å². The fourth-order valence-corrected chi connectivity index (χ4v) is 6.25. The highest BCUT2D eigenvalue weighted by molar-refractivity contribution is 7.10. The molecular formula is C30H29ClN2O2S. The van der Waals surface area contributed by atoms with Crippen molar-refractivity contribution < 1.29 is 9.90 Å². The van der Waals surface area contributed by atoms with Gasteiger partial charge in [-0.25, -0.2) is 0 Å². The normalized spacial score (nSPS) is 21.0. The number of amidine groups is 1. The molecule has 2 aromatic carbocycles. The summed E-state index contributed by atoms with van der Waals surface area (Å²) in [5.41, 5.74) is 4.34. The van der Waals surface area contributed by atoms with Gasteiger partial charge in [0.15, 0.2) is 5.78 Å². The molecule has 0 radical (unpaired) electrons. The number of aliphatic hydroxyl groups excluding tert-OH is 1. The highest BCUT2D eigenvalue weighted by Gasteiger charge is 2.47. The molecule has 2 aliphatic rings. The lowest BCUT2D eigenvalue weighted by Gasteiger charge is -2.45. The van der Waals surface area contributed by atoms with Gasteiger partial charge in [0.25, 0.3) is 0 Å². The zero-order valence-electron chi connectivity index (χ0n) is 20.6. The predicted molar refractivity (Wildman–Crippen MR) is 149 cm³/mol. The molecule has 6 heteroatoms. The van der Waals surface area contributed by atoms with Crippen LogP contribution in [0.5, 0.6) is 0 Å². The Labute approximate surface area is 221 Å². The summed E-state index contributed by atoms with van der Waals surface area (Å²) in [4.78, 5) is 16.6. The second kappa shape index (κ2) is 9.38. The summed E-state index contributed by atoms with van der Waals surface area (Å²) in [7, 11) is 0. The van der Waals surface area contributed by atoms with E-state index in [1.807, 2.05) is 34.5 Å². The first-order valence-corrected chi connectivity index (χ1v) is 13.4. The number of carbonyl (C=O) groups is 1. The minimum absolute atomic E-state index is 0.00516. The van der Waals surface area contributed by atoms with E-state index in [1.54, 1.807) is 35.6 Å². The number of nitrogens with zero attached hydrogens (tertiary/aromatic N) is 1. The number of carbonyl (C=O) groups excluding carboxylic acids is 1. The molecule has 0 bridgehead atoms. The lowest BCUT2D eigenvalue weighted by molar-refractivity contribution is -0.118. The Balaban J connectivity index is 1.81. The van der Waals surface area contributed by atoms with Crippen LogP contribution in [0.3, 0.4) is 0 Å². The van der Waals surface area contributed by atoms with Crippen LogP contribution < -0.4 is 4.90 Å². The van der Waals surface area contributed by atoms with Gasteiger partial charge in [0.05, 0.1) is 11.5 Å². The van der Waals surface area contributed by atoms with E-state index in [0.29, 0.717) is 34.6 Å². The van der Waals surface area contributed by atoms with Gasteiger partial charge in [-0.2, -0.15) is 0 Å². The van der Waals surface area contributed by atoms with Crippen molar-refractivity contribution in [1.29, 1.82) is 5.41 Å². The van der Waals surface area contributed by atoms with Crippen LogP contribution in [0.25, 0.3) is 5.76 Å². The maximum Gasteiger partial charge on any atom is 0.162 e. The maximum atomic E-state index is 13.8. The Kier molecular flexibility index (Phi) is 6.39. The summed E-state index contributed by atoms with van der Waals surface area (Å²) in [6.07, 6.45) is 2.02. The van der Waals surface area contributed by atoms with Crippen molar-refractivity contribution in [3.63, 3.8) is 0 Å². The summed E-state index contributed by atoms with van der Waals surface area (Å²) in [6.45, 7) is 6.32. The number of thiophene rings is 1. The maximum absolute atomic E-state index is 13.8. The monoisotopic (exact) mass is 516 g/mol. The van der Waals surface area contributed by atoms with E-state index in [1.165, 1.54) is 5.56 Å². The number of halogens is 1. The zero-order valence-corrected chi connectivity index (χ0v) is 22.2. The number of aliphatic hydroxyl groups is 1. The van der Waals surface area contributed by atoms with E-state index in [9.17, 15) is 15.3 Å². The second-order valence-electron chi connectivity index (χ2n) is 10.2. The van der Waals surface area contributed by atoms with Gasteiger partial charge in [-0.3, -0.25) is 15.1 Å². The molecule has 0 amide bonds. The molecule has 36 heavy (non-hydrogen) atoms. The topological polar surface area (TPSA) is 64.4 Å². The minimum atomic E-state index is -0.502. The van der Waals surface area contributed by atoms with Crippen LogP contribution in [0.4, 0.5) is 5.69 Å². The van der Waals surface area contributed by atoms with Crippen molar-refractivity contribution in [2.24, 2.45) is 5.41 Å². The summed E-state index contributed by atoms with van der Waals surface area (Å²) in [6, 6.07) is 19.0. The number of benzene rings is 2. The second-order valence-corrected chi connectivity index (χ2v) is 11.6. The van der Waals surface area contributed by atoms with Gasteiger partial charge in [0.1, 0.15) is 11.6 Å². The van der Waals surface area contributed by atoms with Crippen molar-refractivity contribution in [2.45, 2.75) is 46.0 Å². The number of aryl methyl sites for hydroxylation is 1. The van der Waals surface area contributed by atoms with E-state index in [4.69, 9.17) is 11.6 Å². The zero-order chi connectivity index (χ0) is 25.6. The molecule has 0 fully saturated rings. The fourth-order valence-electron chi connectivity index (χ4n) is 5.28. The first kappa shape index (κ1) is 24.5. The molecule has 4 nitrogen and oxygen atoms in total. The third kappa shape index (κ3) is 4.31. The molecule has 184 valence electrons. The number of hydrogen-bond acceptors (Lipinski definition) is 4. The van der Waals surface area contributed by atoms with Crippen LogP contribution >= 0.6 is 22.9 Å². The van der Waals surface area contributed by atoms with Gasteiger partial charge in [-0.05, 0) is 71.7 Å². The third-order valence-electron chi connectivity index (χ3n) is 7.03. The van der Waals surface area contributed by atoms with Crippen LogP contribution in [0.15, 0.2) is 82.9 Å². The lowest BCUT2D eigenvalue weighted by atomic mass is 9.68. The summed E-state index contributed by atoms with van der Waals surface area (Å²) in [5.74, 6) is -0.245. The molecule has 0 spiro atoms. The van der Waals surface area contributed by atoms with Crippen molar-refractivity contribution in [2.75, 3.05) is 4.90 Å². The molecule has 5 rings (SSSR count). The molecule has 1 aliphatic carbocycles. The molecule has 3 aromatic rings. The van der Waals surface area contributed by atoms with Gasteiger partial charge < -0.3 is 5.11 Å². The van der Waals surface area contributed by atoms with Crippen LogP contribution in [0, 0.1) is 10.8 Å². The number of allylic oxidation sites excluding steroid dienone is 2. The first-order chi connectivity index (χ1) is 17.2. The molecule has 0 saturated carbocycles. The van der Waals surface area contributed by atoms with E-state index < -0.39 is 5.92 Å². The van der Waals surface area contributed by atoms with Gasteiger partial charge in [0.2, 0.25) is 0 Å². The van der Waals surface area contributed by atoms with E-state index >= 15 is 0 Å². The van der Waals surface area contributed by atoms with Crippen LogP contribution in [0.1, 0.15) is 55.5 Å². The minimum Gasteiger partial charge on any atom is -0.507 e. The lowest BCUT2D eigenvalue weighted by Crippen LogP contribution is -2.45. The smallest absolute Gasteiger partial charge is 0.162 e. The number of hydrogen-bond donors (Lipinski definition) is 2. The summed E-state index contributed by atoms with van der Waals surface area (Å²) >= 11 is 7.65. The summed E-state index contributed by atoms with van der Waals surface area (Å²) in [5, 5.41) is 23.6. The standard InChI is InChI=1S/C30H29ClN2O2S/c1-4-18-7-13-21(14-8-18)33-22-16-30(2,3)17-23(34)25(22)26(24-6-5-15-36-24)27(29(33)32)28(35)19-9-11-20(31)12-10-19/h5-15,26,32,35H,4,16-17H2,1-3H3/b28-27+,32-29?. The Bertz CT molecular complexity index is 1380. The van der Waals surface area contributed by atoms with Crippen molar-refractivity contribution in [3.8, 4) is 0 Å². The van der Waals surface area contributed by atoms with Gasteiger partial charge in [0, 0.05) is 38.8 Å². The SMILES string of the molecule is CCc1ccc(N2C(=N)/C(=C(/O)c3ccc(Cl)cc3)C(c3cccs3)C3=C2CC(C)(C)CC3=O)cc1. The van der Waals surface area contributed by atoms with Crippen molar-refractivity contribution in [3.05, 3.63) is 104 Å². The highest BCUT2D eigenvalue weighted by Crippen LogP contribution is 2.52. The molecule has 2 N–H and O–H groups in total. The number of rotatable bonds is 4. The first-order valence-electron chi connectivity index (χ1n) is 12.2. The average molecular weight is 517 g/mol. The molecule has 1 aliphatic heterocycles. The number of Topliss-reactive ketones (excluding diaryl/α,β-unsaturated/α-hetero) is 1. The van der Waals surface area contributed by atoms with Crippen LogP contribution in [-0.4, -0.2) is 16.7 Å². The fraction of sp³-hybridized carbons (Fsp3) is 0.267. The van der Waals surface area contributed by atoms with Gasteiger partial charge in [-0.15, -0.1) is 11.3 Å². The predicted octanol–water partition coefficient (Wildman–Crippen LogP) is 8.16. The van der Waals surface area contributed by atoms with E-state index in [-0.39, 0.29) is 22.8 Å². The number of ketones is 1. The Hall–Kier alpha value is -3.15.